The van der Waals surface area contributed by atoms with Gasteiger partial charge in [-0.2, -0.15) is 0 Å². The van der Waals surface area contributed by atoms with E-state index in [1.807, 2.05) is 6.07 Å². The minimum Gasteiger partial charge on any atom is -0.465 e. The van der Waals surface area contributed by atoms with Crippen molar-refractivity contribution in [3.05, 3.63) is 28.8 Å². The van der Waals surface area contributed by atoms with E-state index in [1.165, 1.54) is 44.0 Å². The van der Waals surface area contributed by atoms with Gasteiger partial charge in [0.25, 0.3) is 0 Å². The highest BCUT2D eigenvalue weighted by Crippen LogP contribution is 2.33. The first-order valence-corrected chi connectivity index (χ1v) is 9.77. The molecule has 0 aliphatic carbocycles. The lowest BCUT2D eigenvalue weighted by molar-refractivity contribution is 0.0599. The summed E-state index contributed by atoms with van der Waals surface area (Å²) in [6.07, 6.45) is 4.72. The SMILES string of the molecule is CCCC(CCC)N(CC)c1cc(C2CNC2)cc(C(=O)OC)c1C. The lowest BCUT2D eigenvalue weighted by Gasteiger charge is -2.36. The molecular formula is C21H34N2O2. The fourth-order valence-electron chi connectivity index (χ4n) is 3.85. The number of rotatable bonds is 9. The van der Waals surface area contributed by atoms with Crippen LogP contribution in [0.25, 0.3) is 0 Å². The maximum atomic E-state index is 12.3. The average Bonchev–Trinajstić information content (AvgIpc) is 2.56. The summed E-state index contributed by atoms with van der Waals surface area (Å²) in [5.74, 6) is 0.267. The monoisotopic (exact) mass is 346 g/mol. The molecule has 0 radical (unpaired) electrons. The van der Waals surface area contributed by atoms with Gasteiger partial charge in [-0.15, -0.1) is 0 Å². The summed E-state index contributed by atoms with van der Waals surface area (Å²) < 4.78 is 5.05. The summed E-state index contributed by atoms with van der Waals surface area (Å²) in [7, 11) is 1.47. The summed E-state index contributed by atoms with van der Waals surface area (Å²) in [5, 5.41) is 3.33. The van der Waals surface area contributed by atoms with Crippen molar-refractivity contribution in [3.63, 3.8) is 0 Å². The lowest BCUT2D eigenvalue weighted by Crippen LogP contribution is -2.40. The number of carbonyl (C=O) groups is 1. The van der Waals surface area contributed by atoms with Gasteiger partial charge in [-0.05, 0) is 49.9 Å². The first kappa shape index (κ1) is 19.8. The third kappa shape index (κ3) is 4.35. The van der Waals surface area contributed by atoms with Crippen molar-refractivity contribution in [1.82, 2.24) is 5.32 Å². The third-order valence-electron chi connectivity index (χ3n) is 5.40. The van der Waals surface area contributed by atoms with E-state index in [2.05, 4.69) is 44.0 Å². The lowest BCUT2D eigenvalue weighted by atomic mass is 9.89. The Morgan fingerprint density at radius 3 is 2.32 bits per heavy atom. The molecule has 1 aliphatic heterocycles. The van der Waals surface area contributed by atoms with Crippen LogP contribution < -0.4 is 10.2 Å². The Morgan fingerprint density at radius 1 is 1.24 bits per heavy atom. The molecule has 25 heavy (non-hydrogen) atoms. The molecule has 0 spiro atoms. The van der Waals surface area contributed by atoms with Crippen LogP contribution in [0.1, 0.15) is 73.9 Å². The largest absolute Gasteiger partial charge is 0.465 e. The number of benzene rings is 1. The summed E-state index contributed by atoms with van der Waals surface area (Å²) in [6.45, 7) is 11.7. The van der Waals surface area contributed by atoms with E-state index in [9.17, 15) is 4.79 Å². The highest BCUT2D eigenvalue weighted by molar-refractivity contribution is 5.93. The molecule has 0 aromatic heterocycles. The van der Waals surface area contributed by atoms with Gasteiger partial charge in [-0.3, -0.25) is 0 Å². The topological polar surface area (TPSA) is 41.6 Å². The Balaban J connectivity index is 2.49. The minimum absolute atomic E-state index is 0.230. The number of ether oxygens (including phenoxy) is 1. The predicted octanol–water partition coefficient (Wildman–Crippen LogP) is 4.26. The van der Waals surface area contributed by atoms with Crippen LogP contribution in [0.15, 0.2) is 12.1 Å². The summed E-state index contributed by atoms with van der Waals surface area (Å²) in [5.41, 5.74) is 4.22. The highest BCUT2D eigenvalue weighted by Gasteiger charge is 2.26. The zero-order valence-electron chi connectivity index (χ0n) is 16.5. The van der Waals surface area contributed by atoms with Crippen LogP contribution in [0.5, 0.6) is 0 Å². The molecule has 1 fully saturated rings. The molecular weight excluding hydrogens is 312 g/mol. The second-order valence-electron chi connectivity index (χ2n) is 7.08. The van der Waals surface area contributed by atoms with E-state index in [1.54, 1.807) is 0 Å². The average molecular weight is 347 g/mol. The summed E-state index contributed by atoms with van der Waals surface area (Å²) in [4.78, 5) is 14.8. The van der Waals surface area contributed by atoms with Crippen LogP contribution in [0.3, 0.4) is 0 Å². The van der Waals surface area contributed by atoms with E-state index in [-0.39, 0.29) is 5.97 Å². The number of nitrogens with one attached hydrogen (secondary N) is 1. The highest BCUT2D eigenvalue weighted by atomic mass is 16.5. The van der Waals surface area contributed by atoms with Crippen LogP contribution in [0, 0.1) is 6.92 Å². The molecule has 4 nitrogen and oxygen atoms in total. The van der Waals surface area contributed by atoms with Gasteiger partial charge in [-0.25, -0.2) is 4.79 Å². The molecule has 0 saturated carbocycles. The van der Waals surface area contributed by atoms with Gasteiger partial charge in [0.15, 0.2) is 0 Å². The van der Waals surface area contributed by atoms with Crippen LogP contribution in [-0.2, 0) is 4.74 Å². The Labute approximate surface area is 152 Å². The predicted molar refractivity (Wildman–Crippen MR) is 105 cm³/mol. The number of methoxy groups -OCH3 is 1. The molecule has 1 aliphatic rings. The molecule has 1 aromatic rings. The number of hydrogen-bond acceptors (Lipinski definition) is 4. The zero-order chi connectivity index (χ0) is 18.4. The van der Waals surface area contributed by atoms with E-state index in [0.717, 1.165) is 25.2 Å². The molecule has 0 bridgehead atoms. The van der Waals surface area contributed by atoms with Crippen molar-refractivity contribution in [2.24, 2.45) is 0 Å². The van der Waals surface area contributed by atoms with Crippen LogP contribution in [0.4, 0.5) is 5.69 Å². The molecule has 4 heteroatoms. The number of esters is 1. The van der Waals surface area contributed by atoms with Gasteiger partial charge in [0.05, 0.1) is 12.7 Å². The number of nitrogens with zero attached hydrogens (tertiary/aromatic N) is 1. The fourth-order valence-corrected chi connectivity index (χ4v) is 3.85. The van der Waals surface area contributed by atoms with Crippen molar-refractivity contribution < 1.29 is 9.53 Å². The number of hydrogen-bond donors (Lipinski definition) is 1. The quantitative estimate of drug-likeness (QED) is 0.678. The standard InChI is InChI=1S/C21H34N2O2/c1-6-9-18(10-7-2)23(8-3)20-12-16(17-13-22-14-17)11-19(15(20)4)21(24)25-5/h11-12,17-18,22H,6-10,13-14H2,1-5H3. The van der Waals surface area contributed by atoms with Crippen molar-refractivity contribution >= 4 is 11.7 Å². The van der Waals surface area contributed by atoms with Gasteiger partial charge < -0.3 is 15.0 Å². The maximum absolute atomic E-state index is 12.3. The van der Waals surface area contributed by atoms with Gasteiger partial charge in [0.1, 0.15) is 0 Å². The smallest absolute Gasteiger partial charge is 0.338 e. The first-order chi connectivity index (χ1) is 12.1. The van der Waals surface area contributed by atoms with Crippen LogP contribution in [-0.4, -0.2) is 38.8 Å². The summed E-state index contributed by atoms with van der Waals surface area (Å²) >= 11 is 0. The molecule has 0 amide bonds. The Hall–Kier alpha value is -1.55. The number of anilines is 1. The molecule has 1 aromatic carbocycles. The molecule has 2 rings (SSSR count). The van der Waals surface area contributed by atoms with Crippen molar-refractivity contribution in [2.45, 2.75) is 65.3 Å². The second-order valence-corrected chi connectivity index (χ2v) is 7.08. The normalized spacial score (nSPS) is 14.5. The van der Waals surface area contributed by atoms with Gasteiger partial charge in [-0.1, -0.05) is 26.7 Å². The van der Waals surface area contributed by atoms with Crippen molar-refractivity contribution in [2.75, 3.05) is 31.6 Å². The Kier molecular flexibility index (Phi) is 7.30. The van der Waals surface area contributed by atoms with Crippen LogP contribution in [0.2, 0.25) is 0 Å². The number of carbonyl (C=O) groups excluding carboxylic acids is 1. The Morgan fingerprint density at radius 2 is 1.88 bits per heavy atom. The van der Waals surface area contributed by atoms with Crippen molar-refractivity contribution in [3.8, 4) is 0 Å². The summed E-state index contributed by atoms with van der Waals surface area (Å²) in [6, 6.07) is 4.88. The molecule has 1 N–H and O–H groups in total. The van der Waals surface area contributed by atoms with E-state index >= 15 is 0 Å². The maximum Gasteiger partial charge on any atom is 0.338 e. The van der Waals surface area contributed by atoms with E-state index in [0.29, 0.717) is 17.5 Å². The van der Waals surface area contributed by atoms with E-state index in [4.69, 9.17) is 4.74 Å². The van der Waals surface area contributed by atoms with Crippen molar-refractivity contribution in [1.29, 1.82) is 0 Å². The molecule has 1 saturated heterocycles. The van der Waals surface area contributed by atoms with Gasteiger partial charge in [0, 0.05) is 37.3 Å². The Bertz CT molecular complexity index is 576. The zero-order valence-corrected chi connectivity index (χ0v) is 16.5. The minimum atomic E-state index is -0.230. The first-order valence-electron chi connectivity index (χ1n) is 9.77. The molecule has 0 unspecified atom stereocenters. The fraction of sp³-hybridized carbons (Fsp3) is 0.667. The second kappa shape index (κ2) is 9.23. The van der Waals surface area contributed by atoms with Crippen LogP contribution >= 0.6 is 0 Å². The molecule has 1 heterocycles. The van der Waals surface area contributed by atoms with E-state index < -0.39 is 0 Å². The molecule has 0 atom stereocenters. The van der Waals surface area contributed by atoms with Gasteiger partial charge >= 0.3 is 5.97 Å². The molecule has 140 valence electrons. The third-order valence-corrected chi connectivity index (χ3v) is 5.40. The van der Waals surface area contributed by atoms with Gasteiger partial charge in [0.2, 0.25) is 0 Å².